The summed E-state index contributed by atoms with van der Waals surface area (Å²) in [5, 5.41) is 8.66. The number of ether oxygens (including phenoxy) is 1. The Morgan fingerprint density at radius 3 is 2.88 bits per heavy atom. The van der Waals surface area contributed by atoms with E-state index < -0.39 is 0 Å². The van der Waals surface area contributed by atoms with Gasteiger partial charge in [0.25, 0.3) is 0 Å². The van der Waals surface area contributed by atoms with Crippen molar-refractivity contribution in [2.75, 3.05) is 19.8 Å². The van der Waals surface area contributed by atoms with Crippen LogP contribution in [0.3, 0.4) is 0 Å². The molecule has 0 unspecified atom stereocenters. The first-order valence-corrected chi connectivity index (χ1v) is 6.70. The predicted molar refractivity (Wildman–Crippen MR) is 70.6 cm³/mol. The van der Waals surface area contributed by atoms with E-state index in [9.17, 15) is 0 Å². The second kappa shape index (κ2) is 9.25. The standard InChI is InChI=1S/C14H25NO2/c15-9-5-7-13-6-4-8-14(12-13)17-11-3-1-2-10-16/h8,12,16H,1-7,9-11,15H2. The molecule has 3 N–H and O–H groups in total. The van der Waals surface area contributed by atoms with Gasteiger partial charge in [-0.25, -0.2) is 0 Å². The Labute approximate surface area is 104 Å². The molecule has 0 aromatic rings. The van der Waals surface area contributed by atoms with E-state index in [-0.39, 0.29) is 6.61 Å². The maximum absolute atomic E-state index is 8.66. The fourth-order valence-corrected chi connectivity index (χ4v) is 1.94. The molecule has 0 saturated heterocycles. The van der Waals surface area contributed by atoms with Crippen LogP contribution < -0.4 is 5.73 Å². The van der Waals surface area contributed by atoms with Crippen molar-refractivity contribution in [3.8, 4) is 0 Å². The summed E-state index contributed by atoms with van der Waals surface area (Å²) >= 11 is 0. The number of unbranched alkanes of at least 4 members (excludes halogenated alkanes) is 2. The Balaban J connectivity index is 2.19. The number of aliphatic hydroxyl groups is 1. The first-order valence-electron chi connectivity index (χ1n) is 6.70. The van der Waals surface area contributed by atoms with E-state index in [4.69, 9.17) is 15.6 Å². The Hall–Kier alpha value is -0.800. The largest absolute Gasteiger partial charge is 0.494 e. The molecule has 0 radical (unpaired) electrons. The molecule has 0 aliphatic heterocycles. The van der Waals surface area contributed by atoms with Gasteiger partial charge >= 0.3 is 0 Å². The molecule has 0 amide bonds. The molecule has 0 bridgehead atoms. The van der Waals surface area contributed by atoms with E-state index in [0.717, 1.165) is 63.9 Å². The first kappa shape index (κ1) is 14.3. The number of hydrogen-bond acceptors (Lipinski definition) is 3. The summed E-state index contributed by atoms with van der Waals surface area (Å²) in [4.78, 5) is 0. The van der Waals surface area contributed by atoms with Gasteiger partial charge in [-0.3, -0.25) is 0 Å². The molecule has 0 spiro atoms. The van der Waals surface area contributed by atoms with Crippen molar-refractivity contribution in [2.24, 2.45) is 5.73 Å². The highest BCUT2D eigenvalue weighted by Gasteiger charge is 2.05. The zero-order valence-electron chi connectivity index (χ0n) is 10.7. The molecule has 0 heterocycles. The zero-order chi connectivity index (χ0) is 12.3. The van der Waals surface area contributed by atoms with Crippen molar-refractivity contribution in [2.45, 2.75) is 44.9 Å². The lowest BCUT2D eigenvalue weighted by atomic mass is 9.99. The minimum atomic E-state index is 0.284. The third-order valence-corrected chi connectivity index (χ3v) is 2.93. The van der Waals surface area contributed by atoms with E-state index in [0.29, 0.717) is 0 Å². The lowest BCUT2D eigenvalue weighted by Crippen LogP contribution is -2.02. The summed E-state index contributed by atoms with van der Waals surface area (Å²) in [5.41, 5.74) is 6.97. The van der Waals surface area contributed by atoms with Gasteiger partial charge in [-0.05, 0) is 63.6 Å². The number of allylic oxidation sites excluding steroid dienone is 3. The topological polar surface area (TPSA) is 55.5 Å². The molecule has 0 aromatic carbocycles. The van der Waals surface area contributed by atoms with Gasteiger partial charge in [-0.15, -0.1) is 0 Å². The van der Waals surface area contributed by atoms with Crippen molar-refractivity contribution >= 4 is 0 Å². The fraction of sp³-hybridized carbons (Fsp3) is 0.714. The average molecular weight is 239 g/mol. The van der Waals surface area contributed by atoms with Crippen LogP contribution >= 0.6 is 0 Å². The van der Waals surface area contributed by atoms with Crippen LogP contribution in [0.1, 0.15) is 44.9 Å². The summed E-state index contributed by atoms with van der Waals surface area (Å²) in [7, 11) is 0. The van der Waals surface area contributed by atoms with Gasteiger partial charge in [-0.1, -0.05) is 5.57 Å². The maximum atomic E-state index is 8.66. The van der Waals surface area contributed by atoms with E-state index in [1.54, 1.807) is 0 Å². The minimum Gasteiger partial charge on any atom is -0.494 e. The van der Waals surface area contributed by atoms with E-state index in [2.05, 4.69) is 12.2 Å². The van der Waals surface area contributed by atoms with Crippen LogP contribution in [0, 0.1) is 0 Å². The van der Waals surface area contributed by atoms with Crippen LogP contribution in [-0.4, -0.2) is 24.9 Å². The van der Waals surface area contributed by atoms with Crippen LogP contribution in [0.5, 0.6) is 0 Å². The zero-order valence-corrected chi connectivity index (χ0v) is 10.7. The number of rotatable bonds is 9. The monoisotopic (exact) mass is 239 g/mol. The van der Waals surface area contributed by atoms with Crippen molar-refractivity contribution in [1.82, 2.24) is 0 Å². The van der Waals surface area contributed by atoms with E-state index >= 15 is 0 Å². The van der Waals surface area contributed by atoms with Crippen LogP contribution in [0.2, 0.25) is 0 Å². The summed E-state index contributed by atoms with van der Waals surface area (Å²) in [6, 6.07) is 0. The molecule has 0 fully saturated rings. The number of aliphatic hydroxyl groups excluding tert-OH is 1. The minimum absolute atomic E-state index is 0.284. The summed E-state index contributed by atoms with van der Waals surface area (Å²) in [5.74, 6) is 1.02. The fourth-order valence-electron chi connectivity index (χ4n) is 1.94. The molecule has 3 heteroatoms. The summed E-state index contributed by atoms with van der Waals surface area (Å²) in [6.07, 6.45) is 11.7. The highest BCUT2D eigenvalue weighted by atomic mass is 16.5. The molecule has 1 aliphatic carbocycles. The highest BCUT2D eigenvalue weighted by molar-refractivity contribution is 5.23. The third kappa shape index (κ3) is 6.49. The van der Waals surface area contributed by atoms with E-state index in [1.165, 1.54) is 5.57 Å². The summed E-state index contributed by atoms with van der Waals surface area (Å²) in [6.45, 7) is 1.80. The van der Waals surface area contributed by atoms with Gasteiger partial charge in [0.05, 0.1) is 6.61 Å². The first-order chi connectivity index (χ1) is 8.36. The van der Waals surface area contributed by atoms with Crippen molar-refractivity contribution in [3.63, 3.8) is 0 Å². The van der Waals surface area contributed by atoms with Crippen molar-refractivity contribution in [1.29, 1.82) is 0 Å². The molecule has 1 aliphatic rings. The molecule has 0 atom stereocenters. The Kier molecular flexibility index (Phi) is 7.76. The number of nitrogens with two attached hydrogens (primary N) is 1. The quantitative estimate of drug-likeness (QED) is 0.608. The van der Waals surface area contributed by atoms with Gasteiger partial charge in [0.1, 0.15) is 5.76 Å². The van der Waals surface area contributed by atoms with E-state index in [1.807, 2.05) is 0 Å². The Morgan fingerprint density at radius 1 is 1.24 bits per heavy atom. The van der Waals surface area contributed by atoms with Gasteiger partial charge in [-0.2, -0.15) is 0 Å². The smallest absolute Gasteiger partial charge is 0.115 e. The molecule has 0 saturated carbocycles. The third-order valence-electron chi connectivity index (χ3n) is 2.93. The highest BCUT2D eigenvalue weighted by Crippen LogP contribution is 2.21. The second-order valence-electron chi connectivity index (χ2n) is 4.47. The van der Waals surface area contributed by atoms with Crippen LogP contribution in [0.25, 0.3) is 0 Å². The van der Waals surface area contributed by atoms with Gasteiger partial charge < -0.3 is 15.6 Å². The predicted octanol–water partition coefficient (Wildman–Crippen LogP) is 2.51. The summed E-state index contributed by atoms with van der Waals surface area (Å²) < 4.78 is 5.71. The van der Waals surface area contributed by atoms with Gasteiger partial charge in [0.2, 0.25) is 0 Å². The molecule has 17 heavy (non-hydrogen) atoms. The molecule has 1 rings (SSSR count). The van der Waals surface area contributed by atoms with Crippen LogP contribution in [0.4, 0.5) is 0 Å². The normalized spacial score (nSPS) is 15.4. The average Bonchev–Trinajstić information content (AvgIpc) is 2.37. The van der Waals surface area contributed by atoms with Crippen molar-refractivity contribution < 1.29 is 9.84 Å². The number of hydrogen-bond donors (Lipinski definition) is 2. The molecule has 0 aromatic heterocycles. The van der Waals surface area contributed by atoms with Crippen LogP contribution in [-0.2, 0) is 4.74 Å². The lowest BCUT2D eigenvalue weighted by molar-refractivity contribution is 0.208. The molecular formula is C14H25NO2. The van der Waals surface area contributed by atoms with Gasteiger partial charge in [0, 0.05) is 6.61 Å². The SMILES string of the molecule is NCCCC1=CC(OCCCCCO)=CCC1. The Bertz CT molecular complexity index is 259. The molecular weight excluding hydrogens is 214 g/mol. The van der Waals surface area contributed by atoms with Crippen LogP contribution in [0.15, 0.2) is 23.5 Å². The maximum Gasteiger partial charge on any atom is 0.115 e. The van der Waals surface area contributed by atoms with Crippen molar-refractivity contribution in [3.05, 3.63) is 23.5 Å². The van der Waals surface area contributed by atoms with Gasteiger partial charge in [0.15, 0.2) is 0 Å². The molecule has 3 nitrogen and oxygen atoms in total. The molecule has 98 valence electrons. The Morgan fingerprint density at radius 2 is 2.12 bits per heavy atom. The second-order valence-corrected chi connectivity index (χ2v) is 4.47. The lowest BCUT2D eigenvalue weighted by Gasteiger charge is -2.14.